The number of alkyl halides is 6. The number of anilines is 1. The minimum Gasteiger partial charge on any atom is -0.378 e. The molecule has 224 valence electrons. The van der Waals surface area contributed by atoms with Gasteiger partial charge in [0.2, 0.25) is 5.91 Å². The molecule has 2 atom stereocenters. The van der Waals surface area contributed by atoms with E-state index < -0.39 is 61.7 Å². The fourth-order valence-electron chi connectivity index (χ4n) is 5.17. The van der Waals surface area contributed by atoms with Gasteiger partial charge in [-0.15, -0.1) is 0 Å². The molecular weight excluding hydrogens is 583 g/mol. The van der Waals surface area contributed by atoms with Gasteiger partial charge in [-0.25, -0.2) is 12.8 Å². The normalized spacial score (nSPS) is 21.4. The molecule has 2 aliphatic rings. The molecule has 0 fully saturated rings. The molecule has 0 saturated carbocycles. The van der Waals surface area contributed by atoms with Crippen molar-refractivity contribution in [1.82, 2.24) is 10.6 Å². The first-order valence-corrected chi connectivity index (χ1v) is 13.8. The zero-order valence-corrected chi connectivity index (χ0v) is 22.5. The molecule has 0 spiro atoms. The monoisotopic (exact) mass is 609 g/mol. The van der Waals surface area contributed by atoms with Crippen molar-refractivity contribution >= 4 is 21.6 Å². The highest BCUT2D eigenvalue weighted by molar-refractivity contribution is 7.92. The molecule has 15 heteroatoms. The van der Waals surface area contributed by atoms with E-state index in [1.807, 2.05) is 19.9 Å². The fourth-order valence-corrected chi connectivity index (χ4v) is 6.88. The van der Waals surface area contributed by atoms with Crippen LogP contribution >= 0.6 is 0 Å². The molecule has 0 radical (unpaired) electrons. The standard InChI is InChI=1S/C26H26F7N3O4S/c1-15-13-23(2,35-15)14-34-22(37)12-19-7-3-16-11-17(24(38,25(28,29)30)26(31,32)33)4-10-21(16)36(19)41(39,40)20-8-5-18(27)6-9-20/h4-6,8-11,13,19,35,38H,3,7,12,14H2,1-2H3,(H,34,37)/t19-,23?/m0/s1. The number of nitrogens with zero attached hydrogens (tertiary/aromatic N) is 1. The van der Waals surface area contributed by atoms with Crippen LogP contribution in [-0.2, 0) is 26.8 Å². The van der Waals surface area contributed by atoms with E-state index in [9.17, 15) is 49.1 Å². The molecule has 0 aromatic heterocycles. The van der Waals surface area contributed by atoms with Crippen LogP contribution < -0.4 is 14.9 Å². The summed E-state index contributed by atoms with van der Waals surface area (Å²) in [7, 11) is -4.58. The lowest BCUT2D eigenvalue weighted by Gasteiger charge is -2.40. The Kier molecular flexibility index (Phi) is 7.61. The van der Waals surface area contributed by atoms with Crippen molar-refractivity contribution in [2.75, 3.05) is 10.8 Å². The predicted molar refractivity (Wildman–Crippen MR) is 134 cm³/mol. The average molecular weight is 610 g/mol. The third-order valence-electron chi connectivity index (χ3n) is 7.10. The molecule has 1 unspecified atom stereocenters. The Morgan fingerprint density at radius 2 is 1.68 bits per heavy atom. The van der Waals surface area contributed by atoms with Crippen LogP contribution in [0, 0.1) is 5.82 Å². The van der Waals surface area contributed by atoms with Gasteiger partial charge in [-0.05, 0) is 68.7 Å². The van der Waals surface area contributed by atoms with E-state index in [2.05, 4.69) is 10.6 Å². The number of hydrogen-bond acceptors (Lipinski definition) is 5. The number of sulfonamides is 1. The van der Waals surface area contributed by atoms with Crippen molar-refractivity contribution in [3.05, 3.63) is 71.2 Å². The molecule has 2 aromatic carbocycles. The topological polar surface area (TPSA) is 98.7 Å². The summed E-state index contributed by atoms with van der Waals surface area (Å²) >= 11 is 0. The van der Waals surface area contributed by atoms with Crippen molar-refractivity contribution in [3.63, 3.8) is 0 Å². The highest BCUT2D eigenvalue weighted by atomic mass is 32.2. The Hall–Kier alpha value is -3.33. The zero-order chi connectivity index (χ0) is 30.6. The van der Waals surface area contributed by atoms with E-state index in [0.717, 1.165) is 40.3 Å². The van der Waals surface area contributed by atoms with Gasteiger partial charge in [-0.1, -0.05) is 12.1 Å². The number of benzene rings is 2. The Morgan fingerprint density at radius 1 is 1.10 bits per heavy atom. The summed E-state index contributed by atoms with van der Waals surface area (Å²) < 4.78 is 123. The lowest BCUT2D eigenvalue weighted by atomic mass is 9.87. The first-order chi connectivity index (χ1) is 18.8. The molecule has 4 rings (SSSR count). The maximum absolute atomic E-state index is 13.7. The SMILES string of the molecule is CC1=CC(C)(CNC(=O)C[C@@H]2CCc3cc(C(O)(C(F)(F)F)C(F)(F)F)ccc3N2S(=O)(=O)c2ccc(F)cc2)N1. The minimum atomic E-state index is -6.13. The molecule has 3 N–H and O–H groups in total. The number of fused-ring (bicyclic) bond motifs is 1. The number of allylic oxidation sites excluding steroid dienone is 1. The molecular formula is C26H26F7N3O4S. The van der Waals surface area contributed by atoms with Crippen molar-refractivity contribution in [1.29, 1.82) is 0 Å². The number of halogens is 7. The molecule has 0 saturated heterocycles. The van der Waals surface area contributed by atoms with Crippen molar-refractivity contribution in [3.8, 4) is 0 Å². The maximum Gasteiger partial charge on any atom is 0.430 e. The van der Waals surface area contributed by atoms with Gasteiger partial charge < -0.3 is 15.7 Å². The number of carbonyl (C=O) groups excluding carboxylic acids is 1. The average Bonchev–Trinajstić information content (AvgIpc) is 2.84. The zero-order valence-electron chi connectivity index (χ0n) is 21.7. The molecule has 2 heterocycles. The number of aryl methyl sites for hydroxylation is 1. The minimum absolute atomic E-state index is 0.144. The van der Waals surface area contributed by atoms with Gasteiger partial charge in [0.25, 0.3) is 15.6 Å². The predicted octanol–water partition coefficient (Wildman–Crippen LogP) is 4.42. The van der Waals surface area contributed by atoms with Crippen LogP contribution in [0.5, 0.6) is 0 Å². The van der Waals surface area contributed by atoms with Crippen molar-refractivity contribution in [2.45, 2.75) is 67.5 Å². The summed E-state index contributed by atoms with van der Waals surface area (Å²) in [4.78, 5) is 12.4. The summed E-state index contributed by atoms with van der Waals surface area (Å²) in [6, 6.07) is 4.14. The van der Waals surface area contributed by atoms with Crippen LogP contribution in [0.2, 0.25) is 0 Å². The first-order valence-electron chi connectivity index (χ1n) is 12.3. The first kappa shape index (κ1) is 30.6. The van der Waals surface area contributed by atoms with E-state index in [-0.39, 0.29) is 37.1 Å². The van der Waals surface area contributed by atoms with Crippen LogP contribution in [-0.4, -0.2) is 49.9 Å². The van der Waals surface area contributed by atoms with Crippen molar-refractivity contribution in [2.24, 2.45) is 0 Å². The number of amides is 1. The van der Waals surface area contributed by atoms with E-state index in [4.69, 9.17) is 0 Å². The molecule has 0 bridgehead atoms. The number of carbonyl (C=O) groups is 1. The van der Waals surface area contributed by atoms with Crippen LogP contribution in [0.3, 0.4) is 0 Å². The van der Waals surface area contributed by atoms with E-state index in [0.29, 0.717) is 12.1 Å². The maximum atomic E-state index is 13.7. The van der Waals surface area contributed by atoms with E-state index in [1.165, 1.54) is 0 Å². The Balaban J connectivity index is 1.73. The summed E-state index contributed by atoms with van der Waals surface area (Å²) in [5.74, 6) is -1.29. The third-order valence-corrected chi connectivity index (χ3v) is 8.98. The fraction of sp³-hybridized carbons (Fsp3) is 0.423. The summed E-state index contributed by atoms with van der Waals surface area (Å²) in [6.45, 7) is 3.83. The quantitative estimate of drug-likeness (QED) is 0.404. The lowest BCUT2D eigenvalue weighted by Crippen LogP contribution is -2.56. The second-order valence-corrected chi connectivity index (χ2v) is 12.2. The number of nitrogens with one attached hydrogen (secondary N) is 2. The van der Waals surface area contributed by atoms with Gasteiger partial charge in [0.1, 0.15) is 5.82 Å². The summed E-state index contributed by atoms with van der Waals surface area (Å²) in [5, 5.41) is 15.7. The van der Waals surface area contributed by atoms with Gasteiger partial charge in [-0.2, -0.15) is 26.3 Å². The van der Waals surface area contributed by atoms with Crippen LogP contribution in [0.15, 0.2) is 59.1 Å². The number of hydrogen-bond donors (Lipinski definition) is 3. The summed E-state index contributed by atoms with van der Waals surface area (Å²) in [6.07, 6.45) is -11.1. The van der Waals surface area contributed by atoms with Gasteiger partial charge in [0.05, 0.1) is 22.2 Å². The molecule has 2 aromatic rings. The highest BCUT2D eigenvalue weighted by Crippen LogP contribution is 2.51. The number of aliphatic hydroxyl groups is 1. The smallest absolute Gasteiger partial charge is 0.378 e. The molecule has 7 nitrogen and oxygen atoms in total. The molecule has 41 heavy (non-hydrogen) atoms. The van der Waals surface area contributed by atoms with Gasteiger partial charge in [0, 0.05) is 24.2 Å². The van der Waals surface area contributed by atoms with Crippen LogP contribution in [0.25, 0.3) is 0 Å². The molecule has 1 amide bonds. The van der Waals surface area contributed by atoms with E-state index in [1.54, 1.807) is 0 Å². The van der Waals surface area contributed by atoms with Gasteiger partial charge >= 0.3 is 12.4 Å². The number of rotatable bonds is 7. The second-order valence-electron chi connectivity index (χ2n) is 10.3. The molecule has 2 aliphatic heterocycles. The summed E-state index contributed by atoms with van der Waals surface area (Å²) in [5.41, 5.74) is -6.82. The lowest BCUT2D eigenvalue weighted by molar-refractivity contribution is -0.376. The Bertz CT molecular complexity index is 1460. The second kappa shape index (κ2) is 10.2. The van der Waals surface area contributed by atoms with Gasteiger partial charge in [-0.3, -0.25) is 9.10 Å². The van der Waals surface area contributed by atoms with Crippen molar-refractivity contribution < 1.29 is 49.1 Å². The third kappa shape index (κ3) is 5.61. The Morgan fingerprint density at radius 3 is 2.22 bits per heavy atom. The molecule has 0 aliphatic carbocycles. The van der Waals surface area contributed by atoms with E-state index >= 15 is 0 Å². The van der Waals surface area contributed by atoms with Crippen LogP contribution in [0.4, 0.5) is 36.4 Å². The van der Waals surface area contributed by atoms with Crippen LogP contribution in [0.1, 0.15) is 37.8 Å². The largest absolute Gasteiger partial charge is 0.430 e. The Labute approximate surface area is 231 Å². The van der Waals surface area contributed by atoms with Gasteiger partial charge in [0.15, 0.2) is 0 Å². The highest BCUT2D eigenvalue weighted by Gasteiger charge is 2.71.